The predicted octanol–water partition coefficient (Wildman–Crippen LogP) is 4.67. The van der Waals surface area contributed by atoms with Crippen LogP contribution >= 0.6 is 0 Å². The summed E-state index contributed by atoms with van der Waals surface area (Å²) in [5, 5.41) is 14.7. The number of hydrogen-bond donors (Lipinski definition) is 3. The lowest BCUT2D eigenvalue weighted by atomic mass is 9.86. The normalized spacial score (nSPS) is 19.2. The van der Waals surface area contributed by atoms with Crippen LogP contribution in [0.15, 0.2) is 48.5 Å². The Balaban J connectivity index is 1.70. The predicted molar refractivity (Wildman–Crippen MR) is 147 cm³/mol. The van der Waals surface area contributed by atoms with E-state index in [1.807, 2.05) is 45.0 Å². The summed E-state index contributed by atoms with van der Waals surface area (Å²) < 4.78 is 0. The first-order chi connectivity index (χ1) is 18.1. The first-order valence-corrected chi connectivity index (χ1v) is 13.1. The van der Waals surface area contributed by atoms with Crippen LogP contribution in [0.2, 0.25) is 0 Å². The number of urea groups is 1. The van der Waals surface area contributed by atoms with Gasteiger partial charge >= 0.3 is 12.0 Å². The molecule has 1 saturated carbocycles. The largest absolute Gasteiger partial charge is 0.478 e. The Kier molecular flexibility index (Phi) is 8.04. The van der Waals surface area contributed by atoms with E-state index in [2.05, 4.69) is 15.5 Å². The van der Waals surface area contributed by atoms with Crippen LogP contribution in [-0.2, 0) is 9.59 Å². The Morgan fingerprint density at radius 2 is 1.71 bits per heavy atom. The molecule has 0 radical (unpaired) electrons. The van der Waals surface area contributed by atoms with E-state index in [0.717, 1.165) is 37.7 Å². The van der Waals surface area contributed by atoms with Crippen molar-refractivity contribution in [3.63, 3.8) is 0 Å². The van der Waals surface area contributed by atoms with Crippen LogP contribution in [0.4, 0.5) is 21.9 Å². The minimum Gasteiger partial charge on any atom is -0.478 e. The standard InChI is InChI=1S/C29H36N4O5/c1-29(2,3)25(18-34)33-24-15-8-7-14-23(24)32(21-12-5-4-6-13-21)17-22(26(33)35)31-28(38)30-20-11-9-10-19(16-20)27(36)37/h7-11,14-16,18,21-22,25H,4-6,12-13,17H2,1-3H3,(H,36,37)(H2,30,31,38). The molecule has 1 heterocycles. The van der Waals surface area contributed by atoms with Gasteiger partial charge in [-0.25, -0.2) is 9.59 Å². The molecule has 2 aromatic carbocycles. The zero-order chi connectivity index (χ0) is 27.4. The van der Waals surface area contributed by atoms with E-state index in [4.69, 9.17) is 0 Å². The maximum absolute atomic E-state index is 14.1. The van der Waals surface area contributed by atoms with Crippen molar-refractivity contribution >= 4 is 41.3 Å². The average Bonchev–Trinajstić information content (AvgIpc) is 3.00. The molecule has 3 N–H and O–H groups in total. The lowest BCUT2D eigenvalue weighted by Crippen LogP contribution is -2.58. The van der Waals surface area contributed by atoms with Gasteiger partial charge in [0.2, 0.25) is 0 Å². The fraction of sp³-hybridized carbons (Fsp3) is 0.448. The van der Waals surface area contributed by atoms with Gasteiger partial charge in [-0.15, -0.1) is 0 Å². The highest BCUT2D eigenvalue weighted by atomic mass is 16.4. The number of carboxylic acid groups (broad SMARTS) is 1. The van der Waals surface area contributed by atoms with Crippen LogP contribution in [0, 0.1) is 5.41 Å². The second-order valence-corrected chi connectivity index (χ2v) is 11.1. The van der Waals surface area contributed by atoms with Crippen molar-refractivity contribution in [2.75, 3.05) is 21.7 Å². The molecule has 4 rings (SSSR count). The van der Waals surface area contributed by atoms with Crippen LogP contribution in [0.5, 0.6) is 0 Å². The quantitative estimate of drug-likeness (QED) is 0.476. The lowest BCUT2D eigenvalue weighted by Gasteiger charge is -2.38. The summed E-state index contributed by atoms with van der Waals surface area (Å²) in [6.07, 6.45) is 6.14. The Morgan fingerprint density at radius 3 is 2.34 bits per heavy atom. The van der Waals surface area contributed by atoms with Gasteiger partial charge in [0.05, 0.1) is 23.0 Å². The highest BCUT2D eigenvalue weighted by molar-refractivity contribution is 6.07. The molecule has 2 aliphatic rings. The third kappa shape index (κ3) is 5.82. The number of fused-ring (bicyclic) bond motifs is 1. The van der Waals surface area contributed by atoms with Gasteiger partial charge in [0, 0.05) is 18.3 Å². The molecule has 0 saturated heterocycles. The van der Waals surface area contributed by atoms with E-state index in [0.29, 0.717) is 11.4 Å². The third-order valence-electron chi connectivity index (χ3n) is 7.35. The number of aldehydes is 1. The summed E-state index contributed by atoms with van der Waals surface area (Å²) in [7, 11) is 0. The number of hydrogen-bond acceptors (Lipinski definition) is 5. The third-order valence-corrected chi connectivity index (χ3v) is 7.35. The summed E-state index contributed by atoms with van der Waals surface area (Å²) in [6.45, 7) is 6.00. The van der Waals surface area contributed by atoms with E-state index in [9.17, 15) is 24.3 Å². The van der Waals surface area contributed by atoms with Crippen LogP contribution in [0.3, 0.4) is 0 Å². The van der Waals surface area contributed by atoms with Gasteiger partial charge in [0.1, 0.15) is 12.3 Å². The maximum atomic E-state index is 14.1. The smallest absolute Gasteiger partial charge is 0.335 e. The number of nitrogens with one attached hydrogen (secondary N) is 2. The molecule has 9 heteroatoms. The SMILES string of the molecule is CC(C)(C)C(C=O)N1C(=O)C(NC(=O)Nc2cccc(C(=O)O)c2)CN(C2CCCCC2)c2ccccc21. The van der Waals surface area contributed by atoms with E-state index >= 15 is 0 Å². The molecule has 1 aliphatic heterocycles. The Labute approximate surface area is 223 Å². The molecule has 0 spiro atoms. The first kappa shape index (κ1) is 27.2. The van der Waals surface area contributed by atoms with Gasteiger partial charge < -0.3 is 25.4 Å². The van der Waals surface area contributed by atoms with Gasteiger partial charge in [-0.1, -0.05) is 58.2 Å². The van der Waals surface area contributed by atoms with Gasteiger partial charge in [-0.05, 0) is 48.6 Å². The van der Waals surface area contributed by atoms with Crippen molar-refractivity contribution in [2.45, 2.75) is 71.0 Å². The first-order valence-electron chi connectivity index (χ1n) is 13.1. The minimum atomic E-state index is -1.10. The molecule has 0 bridgehead atoms. The van der Waals surface area contributed by atoms with Crippen LogP contribution < -0.4 is 20.4 Å². The van der Waals surface area contributed by atoms with Gasteiger partial charge in [0.25, 0.3) is 5.91 Å². The van der Waals surface area contributed by atoms with Gasteiger partial charge in [0.15, 0.2) is 0 Å². The highest BCUT2D eigenvalue weighted by Gasteiger charge is 2.43. The van der Waals surface area contributed by atoms with Crippen LogP contribution in [-0.4, -0.2) is 54.0 Å². The van der Waals surface area contributed by atoms with E-state index < -0.39 is 29.5 Å². The topological polar surface area (TPSA) is 119 Å². The highest BCUT2D eigenvalue weighted by Crippen LogP contribution is 2.40. The summed E-state index contributed by atoms with van der Waals surface area (Å²) >= 11 is 0. The number of amides is 3. The van der Waals surface area contributed by atoms with Crippen molar-refractivity contribution in [3.8, 4) is 0 Å². The fourth-order valence-corrected chi connectivity index (χ4v) is 5.41. The van der Waals surface area contributed by atoms with Crippen molar-refractivity contribution in [1.82, 2.24) is 5.32 Å². The number of carbonyl (C=O) groups is 4. The van der Waals surface area contributed by atoms with Gasteiger partial charge in [-0.3, -0.25) is 9.69 Å². The molecule has 9 nitrogen and oxygen atoms in total. The molecular formula is C29H36N4O5. The van der Waals surface area contributed by atoms with Crippen molar-refractivity contribution < 1.29 is 24.3 Å². The van der Waals surface area contributed by atoms with Crippen molar-refractivity contribution in [1.29, 1.82) is 0 Å². The number of rotatable bonds is 6. The van der Waals surface area contributed by atoms with Gasteiger partial charge in [-0.2, -0.15) is 0 Å². The maximum Gasteiger partial charge on any atom is 0.335 e. The second-order valence-electron chi connectivity index (χ2n) is 11.1. The molecule has 1 fully saturated rings. The summed E-state index contributed by atoms with van der Waals surface area (Å²) in [6, 6.07) is 11.5. The number of anilines is 3. The molecular weight excluding hydrogens is 484 g/mol. The molecule has 2 aromatic rings. The number of nitrogens with zero attached hydrogens (tertiary/aromatic N) is 2. The Morgan fingerprint density at radius 1 is 1.03 bits per heavy atom. The Bertz CT molecular complexity index is 1200. The molecule has 3 amide bonds. The fourth-order valence-electron chi connectivity index (χ4n) is 5.41. The second kappa shape index (κ2) is 11.2. The van der Waals surface area contributed by atoms with Crippen LogP contribution in [0.25, 0.3) is 0 Å². The number of aromatic carboxylic acids is 1. The van der Waals surface area contributed by atoms with Crippen molar-refractivity contribution in [3.05, 3.63) is 54.1 Å². The summed E-state index contributed by atoms with van der Waals surface area (Å²) in [4.78, 5) is 54.7. The lowest BCUT2D eigenvalue weighted by molar-refractivity contribution is -0.123. The van der Waals surface area contributed by atoms with E-state index in [1.54, 1.807) is 11.0 Å². The van der Waals surface area contributed by atoms with E-state index in [-0.39, 0.29) is 24.1 Å². The van der Waals surface area contributed by atoms with Crippen molar-refractivity contribution in [2.24, 2.45) is 5.41 Å². The zero-order valence-corrected chi connectivity index (χ0v) is 22.1. The van der Waals surface area contributed by atoms with Crippen LogP contribution in [0.1, 0.15) is 63.2 Å². The number of carbonyl (C=O) groups excluding carboxylic acids is 3. The molecule has 2 atom stereocenters. The molecule has 202 valence electrons. The average molecular weight is 521 g/mol. The summed E-state index contributed by atoms with van der Waals surface area (Å²) in [5.74, 6) is -1.47. The summed E-state index contributed by atoms with van der Waals surface area (Å²) in [5.41, 5.74) is 1.33. The molecule has 0 aromatic heterocycles. The Hall–Kier alpha value is -3.88. The molecule has 2 unspecified atom stereocenters. The number of carboxylic acids is 1. The monoisotopic (exact) mass is 520 g/mol. The molecule has 38 heavy (non-hydrogen) atoms. The van der Waals surface area contributed by atoms with E-state index in [1.165, 1.54) is 24.6 Å². The minimum absolute atomic E-state index is 0.0393. The number of para-hydroxylation sites is 2. The zero-order valence-electron chi connectivity index (χ0n) is 22.1. The number of benzene rings is 2. The molecule has 1 aliphatic carbocycles.